The molecule has 12 atom stereocenters. The Balaban J connectivity index is 0.000000163. The molecule has 458 valence electrons. The van der Waals surface area contributed by atoms with Crippen LogP contribution in [0.25, 0.3) is 0 Å². The van der Waals surface area contributed by atoms with E-state index in [0.717, 1.165) is 47.9 Å². The van der Waals surface area contributed by atoms with E-state index < -0.39 is 72.1 Å². The Hall–Kier alpha value is -8.23. The zero-order valence-corrected chi connectivity index (χ0v) is 50.3. The number of ether oxygens (including phenoxy) is 4. The van der Waals surface area contributed by atoms with E-state index in [4.69, 9.17) is 0 Å². The van der Waals surface area contributed by atoms with Crippen molar-refractivity contribution in [2.45, 2.75) is 73.5 Å². The molecule has 0 saturated heterocycles. The Morgan fingerprint density at radius 2 is 0.512 bits per heavy atom. The molecule has 4 fully saturated rings. The third kappa shape index (κ3) is 15.0. The molecule has 26 heteroatoms. The number of amidine groups is 4. The number of nitrogens with zero attached hydrogens (tertiary/aromatic N) is 8. The Morgan fingerprint density at radius 1 is 0.337 bits per heavy atom. The number of benzene rings is 4. The van der Waals surface area contributed by atoms with Crippen LogP contribution in [-0.2, 0) is 96.3 Å². The van der Waals surface area contributed by atoms with Crippen molar-refractivity contribution < 1.29 is 117 Å². The first-order valence-electron chi connectivity index (χ1n) is 27.3. The fourth-order valence-corrected chi connectivity index (χ4v) is 10.8. The summed E-state index contributed by atoms with van der Waals surface area (Å²) >= 11 is 0. The number of methoxy groups -OCH3 is 4. The number of hydrogen-bond acceptors (Lipinski definition) is 16. The standard InChI is InChI=1S/4C15H16N2O4.2Rh/c4*1-21-14(19)12-8-17(15(20)16-12)13(18)11-7-10(11)9-5-3-2-4-6-9;;/h4*2-6,10-12H,7-8H2,1H3,(H,16,20);;/t4*10-,11+,12-;;/m0000../s1. The van der Waals surface area contributed by atoms with Crippen LogP contribution in [0.3, 0.4) is 0 Å². The molecule has 8 aliphatic rings. The van der Waals surface area contributed by atoms with Gasteiger partial charge in [-0.3, -0.25) is 38.8 Å². The van der Waals surface area contributed by atoms with Crippen LogP contribution in [-0.4, -0.2) is 190 Å². The summed E-state index contributed by atoms with van der Waals surface area (Å²) < 4.78 is 18.3. The van der Waals surface area contributed by atoms with E-state index in [9.17, 15) is 58.8 Å². The monoisotopic (exact) mass is 1360 g/mol. The van der Waals surface area contributed by atoms with E-state index in [0.29, 0.717) is 0 Å². The van der Waals surface area contributed by atoms with Gasteiger partial charge < -0.3 is 39.4 Å². The van der Waals surface area contributed by atoms with Crippen molar-refractivity contribution in [3.05, 3.63) is 144 Å². The minimum Gasteiger partial charge on any atom is -0.480 e. The van der Waals surface area contributed by atoms with E-state index in [2.05, 4.69) is 38.9 Å². The summed E-state index contributed by atoms with van der Waals surface area (Å²) in [4.78, 5) is 115. The molecule has 0 bridgehead atoms. The molecule has 0 aromatic heterocycles. The second-order valence-electron chi connectivity index (χ2n) is 21.1. The third-order valence-electron chi connectivity index (χ3n) is 15.8. The largest absolute Gasteiger partial charge is 0.480 e. The topological polar surface area (TPSA) is 317 Å². The molecule has 2 radical (unpaired) electrons. The van der Waals surface area contributed by atoms with Crippen molar-refractivity contribution in [1.29, 1.82) is 0 Å². The van der Waals surface area contributed by atoms with Gasteiger partial charge in [0.15, 0.2) is 24.2 Å². The van der Waals surface area contributed by atoms with E-state index >= 15 is 0 Å². The van der Waals surface area contributed by atoms with Crippen LogP contribution < -0.4 is 0 Å². The number of aliphatic hydroxyl groups is 4. The summed E-state index contributed by atoms with van der Waals surface area (Å²) in [5.74, 6) is -2.80. The normalized spacial score (nSPS) is 26.6. The molecular weight excluding hydrogens is 1290 g/mol. The second kappa shape index (κ2) is 28.8. The van der Waals surface area contributed by atoms with Crippen LogP contribution in [0.2, 0.25) is 0 Å². The van der Waals surface area contributed by atoms with E-state index in [1.54, 1.807) is 0 Å². The molecule has 24 nitrogen and oxygen atoms in total. The quantitative estimate of drug-likeness (QED) is 0.0871. The van der Waals surface area contributed by atoms with Crippen LogP contribution in [0.1, 0.15) is 71.6 Å². The first-order chi connectivity index (χ1) is 40.5. The van der Waals surface area contributed by atoms with Gasteiger partial charge in [0.05, 0.1) is 54.6 Å². The van der Waals surface area contributed by atoms with E-state index in [1.165, 1.54) is 48.0 Å². The molecule has 4 N–H and O–H groups in total. The Kier molecular flexibility index (Phi) is 21.8. The van der Waals surface area contributed by atoms with Crippen LogP contribution in [0, 0.1) is 23.7 Å². The molecule has 4 aliphatic heterocycles. The maximum absolute atomic E-state index is 12.4. The fraction of sp³-hybridized carbons (Fsp3) is 0.400. The molecule has 86 heavy (non-hydrogen) atoms. The molecule has 4 aliphatic carbocycles. The summed E-state index contributed by atoms with van der Waals surface area (Å²) in [6.07, 6.45) is 3.04. The molecule has 4 amide bonds. The molecule has 4 heterocycles. The van der Waals surface area contributed by atoms with Gasteiger partial charge >= 0.3 is 23.9 Å². The van der Waals surface area contributed by atoms with Gasteiger partial charge in [0.1, 0.15) is 0 Å². The van der Waals surface area contributed by atoms with Gasteiger partial charge in [0, 0.05) is 62.6 Å². The average Bonchev–Trinajstić information content (AvgIpc) is 1.94. The fourth-order valence-electron chi connectivity index (χ4n) is 10.8. The number of aliphatic hydroxyl groups excluding tert-OH is 4. The van der Waals surface area contributed by atoms with Crippen LogP contribution in [0.5, 0.6) is 0 Å². The molecular formula is C60H64N8O16Rh2. The molecule has 4 aromatic carbocycles. The van der Waals surface area contributed by atoms with Gasteiger partial charge in [-0.2, -0.15) is 0 Å². The Labute approximate surface area is 520 Å². The minimum atomic E-state index is -0.826. The van der Waals surface area contributed by atoms with Crippen molar-refractivity contribution in [3.8, 4) is 0 Å². The van der Waals surface area contributed by atoms with Crippen molar-refractivity contribution >= 4 is 71.6 Å². The zero-order chi connectivity index (χ0) is 59.9. The van der Waals surface area contributed by atoms with Gasteiger partial charge in [0.2, 0.25) is 23.6 Å². The number of carbonyl (C=O) groups is 8. The van der Waals surface area contributed by atoms with Crippen LogP contribution >= 0.6 is 0 Å². The first kappa shape index (κ1) is 65.3. The van der Waals surface area contributed by atoms with E-state index in [-0.39, 0.29) is 136 Å². The van der Waals surface area contributed by atoms with E-state index in [1.807, 2.05) is 121 Å². The maximum Gasteiger partial charge on any atom is 0.332 e. The average molecular weight is 1360 g/mol. The number of amides is 4. The minimum absolute atomic E-state index is 0. The van der Waals surface area contributed by atoms with Crippen molar-refractivity contribution in [1.82, 2.24) is 19.6 Å². The number of aliphatic imine (C=N–C) groups is 4. The summed E-state index contributed by atoms with van der Waals surface area (Å²) in [5.41, 5.74) is 4.49. The summed E-state index contributed by atoms with van der Waals surface area (Å²) in [7, 11) is 5.02. The number of carbonyl (C=O) groups excluding carboxylic acids is 8. The maximum atomic E-state index is 12.4. The predicted molar refractivity (Wildman–Crippen MR) is 299 cm³/mol. The van der Waals surface area contributed by atoms with Crippen LogP contribution in [0.15, 0.2) is 141 Å². The summed E-state index contributed by atoms with van der Waals surface area (Å²) in [5, 5.41) is 39.0. The Bertz CT molecular complexity index is 2840. The predicted octanol–water partition coefficient (Wildman–Crippen LogP) is 4.35. The smallest absolute Gasteiger partial charge is 0.332 e. The molecule has 4 aromatic rings. The zero-order valence-electron chi connectivity index (χ0n) is 47.1. The molecule has 0 unspecified atom stereocenters. The van der Waals surface area contributed by atoms with Crippen LogP contribution in [0.4, 0.5) is 0 Å². The van der Waals surface area contributed by atoms with Gasteiger partial charge in [-0.25, -0.2) is 39.1 Å². The summed E-state index contributed by atoms with van der Waals surface area (Å²) in [6, 6.07) is 34.3. The first-order valence-corrected chi connectivity index (χ1v) is 27.3. The number of esters is 4. The van der Waals surface area contributed by atoms with Crippen molar-refractivity contribution in [2.75, 3.05) is 54.6 Å². The Morgan fingerprint density at radius 3 is 0.674 bits per heavy atom. The molecule has 12 rings (SSSR count). The number of hydrogen-bond donors (Lipinski definition) is 4. The SMILES string of the molecule is COC(=O)[C@@H]1CN(C(=O)[C@@H]2C[C@H]2c2ccccc2)C(O)=N1.COC(=O)[C@@H]1CN(C(=O)[C@@H]2C[C@H]2c2ccccc2)C(O)=N1.COC(=O)[C@@H]1CN(C(=O)[C@@H]2C[C@H]2c2ccccc2)C(O)=N1.COC(=O)[C@@H]1CN(C(=O)[C@@H]2C[C@H]2c2ccccc2)C(O)=N1.[Rh].[Rh]. The molecule has 4 saturated carbocycles. The summed E-state index contributed by atoms with van der Waals surface area (Å²) in [6.45, 7) is 0.204. The number of rotatable bonds is 12. The van der Waals surface area contributed by atoms with Crippen molar-refractivity contribution in [2.24, 2.45) is 43.6 Å². The van der Waals surface area contributed by atoms with Gasteiger partial charge in [-0.1, -0.05) is 121 Å². The van der Waals surface area contributed by atoms with Crippen molar-refractivity contribution in [3.63, 3.8) is 0 Å². The van der Waals surface area contributed by atoms with Gasteiger partial charge in [-0.05, 0) is 71.6 Å². The van der Waals surface area contributed by atoms with Gasteiger partial charge in [0.25, 0.3) is 24.1 Å². The van der Waals surface area contributed by atoms with Gasteiger partial charge in [-0.15, -0.1) is 0 Å². The second-order valence-corrected chi connectivity index (χ2v) is 21.1. The molecule has 0 spiro atoms. The third-order valence-corrected chi connectivity index (χ3v) is 15.8.